The summed E-state index contributed by atoms with van der Waals surface area (Å²) in [6.07, 6.45) is 0. The summed E-state index contributed by atoms with van der Waals surface area (Å²) in [6, 6.07) is 10.1. The second-order valence-electron chi connectivity index (χ2n) is 4.51. The first kappa shape index (κ1) is 12.7. The summed E-state index contributed by atoms with van der Waals surface area (Å²) in [5.74, 6) is 0.896. The number of hydrogen-bond donors (Lipinski definition) is 1. The highest BCUT2D eigenvalue weighted by atomic mass is 35.5. The average Bonchev–Trinajstić information content (AvgIpc) is 2.98. The molecule has 2 heterocycles. The summed E-state index contributed by atoms with van der Waals surface area (Å²) < 4.78 is 5.93. The molecule has 0 bridgehead atoms. The Kier molecular flexibility index (Phi) is 3.35. The van der Waals surface area contributed by atoms with Gasteiger partial charge < -0.3 is 9.73 Å². The van der Waals surface area contributed by atoms with Gasteiger partial charge in [0, 0.05) is 10.3 Å². The highest BCUT2D eigenvalue weighted by Gasteiger charge is 2.21. The van der Waals surface area contributed by atoms with Crippen LogP contribution in [0, 0.1) is 6.92 Å². The number of aryl methyl sites for hydroxylation is 1. The Morgan fingerprint density at radius 2 is 2.11 bits per heavy atom. The summed E-state index contributed by atoms with van der Waals surface area (Å²) in [5.41, 5.74) is 2.01. The third kappa shape index (κ3) is 2.18. The lowest BCUT2D eigenvalue weighted by Crippen LogP contribution is -2.16. The molecule has 1 unspecified atom stereocenters. The Labute approximate surface area is 121 Å². The van der Waals surface area contributed by atoms with Gasteiger partial charge in [-0.05, 0) is 37.0 Å². The van der Waals surface area contributed by atoms with Crippen molar-refractivity contribution in [2.75, 3.05) is 7.05 Å². The minimum atomic E-state index is -0.00130. The highest BCUT2D eigenvalue weighted by Crippen LogP contribution is 2.37. The van der Waals surface area contributed by atoms with Crippen LogP contribution in [0.1, 0.15) is 22.2 Å². The van der Waals surface area contributed by atoms with Gasteiger partial charge in [-0.25, -0.2) is 0 Å². The van der Waals surface area contributed by atoms with Gasteiger partial charge >= 0.3 is 0 Å². The summed E-state index contributed by atoms with van der Waals surface area (Å²) in [7, 11) is 1.92. The maximum Gasteiger partial charge on any atom is 0.134 e. The second-order valence-corrected chi connectivity index (χ2v) is 5.79. The zero-order chi connectivity index (χ0) is 13.4. The van der Waals surface area contributed by atoms with Gasteiger partial charge in [0.15, 0.2) is 0 Å². The predicted molar refractivity (Wildman–Crippen MR) is 81.2 cm³/mol. The fourth-order valence-corrected chi connectivity index (χ4v) is 3.61. The fourth-order valence-electron chi connectivity index (χ4n) is 2.19. The van der Waals surface area contributed by atoms with Crippen molar-refractivity contribution < 1.29 is 4.42 Å². The zero-order valence-corrected chi connectivity index (χ0v) is 12.3. The monoisotopic (exact) mass is 291 g/mol. The smallest absolute Gasteiger partial charge is 0.134 e. The van der Waals surface area contributed by atoms with E-state index in [1.165, 1.54) is 0 Å². The largest absolute Gasteiger partial charge is 0.459 e. The molecule has 0 spiro atoms. The molecule has 4 heteroatoms. The maximum absolute atomic E-state index is 6.36. The molecule has 0 fully saturated rings. The van der Waals surface area contributed by atoms with Crippen molar-refractivity contribution in [3.8, 4) is 0 Å². The van der Waals surface area contributed by atoms with Crippen LogP contribution in [-0.2, 0) is 0 Å². The van der Waals surface area contributed by atoms with Gasteiger partial charge in [-0.1, -0.05) is 29.8 Å². The predicted octanol–water partition coefficient (Wildman–Crippen LogP) is 4.76. The summed E-state index contributed by atoms with van der Waals surface area (Å²) in [6.45, 7) is 2.02. The fraction of sp³-hybridized carbons (Fsp3) is 0.200. The number of halogens is 1. The van der Waals surface area contributed by atoms with Crippen LogP contribution in [0.4, 0.5) is 0 Å². The molecular weight excluding hydrogens is 278 g/mol. The molecule has 19 heavy (non-hydrogen) atoms. The summed E-state index contributed by atoms with van der Waals surface area (Å²) in [4.78, 5) is 1.10. The SMILES string of the molecule is CNC(c1cc2ccccc2o1)c1scc(C)c1Cl. The quantitative estimate of drug-likeness (QED) is 0.752. The molecule has 0 saturated heterocycles. The van der Waals surface area contributed by atoms with Gasteiger partial charge in [0.05, 0.1) is 5.02 Å². The molecule has 1 atom stereocenters. The van der Waals surface area contributed by atoms with Crippen molar-refractivity contribution in [1.29, 1.82) is 0 Å². The van der Waals surface area contributed by atoms with E-state index >= 15 is 0 Å². The molecule has 1 aromatic carbocycles. The minimum absolute atomic E-state index is 0.00130. The average molecular weight is 292 g/mol. The third-order valence-electron chi connectivity index (χ3n) is 3.21. The maximum atomic E-state index is 6.36. The number of para-hydroxylation sites is 1. The number of nitrogens with one attached hydrogen (secondary N) is 1. The van der Waals surface area contributed by atoms with E-state index in [9.17, 15) is 0 Å². The molecule has 0 amide bonds. The lowest BCUT2D eigenvalue weighted by atomic mass is 10.1. The van der Waals surface area contributed by atoms with Crippen molar-refractivity contribution in [3.05, 3.63) is 56.9 Å². The van der Waals surface area contributed by atoms with Crippen LogP contribution in [-0.4, -0.2) is 7.05 Å². The Morgan fingerprint density at radius 1 is 1.32 bits per heavy atom. The van der Waals surface area contributed by atoms with Crippen LogP contribution in [0.3, 0.4) is 0 Å². The van der Waals surface area contributed by atoms with E-state index in [4.69, 9.17) is 16.0 Å². The molecule has 0 aliphatic carbocycles. The van der Waals surface area contributed by atoms with E-state index in [2.05, 4.69) is 22.8 Å². The molecule has 1 N–H and O–H groups in total. The van der Waals surface area contributed by atoms with Crippen LogP contribution in [0.2, 0.25) is 5.02 Å². The summed E-state index contributed by atoms with van der Waals surface area (Å²) >= 11 is 8.02. The highest BCUT2D eigenvalue weighted by molar-refractivity contribution is 7.10. The van der Waals surface area contributed by atoms with Crippen molar-refractivity contribution in [3.63, 3.8) is 0 Å². The standard InChI is InChI=1S/C15H14ClNOS/c1-9-8-19-15(13(9)16)14(17-2)12-7-10-5-3-4-6-11(10)18-12/h3-8,14,17H,1-2H3. The third-order valence-corrected chi connectivity index (χ3v) is 4.98. The van der Waals surface area contributed by atoms with Gasteiger partial charge in [0.1, 0.15) is 17.4 Å². The Morgan fingerprint density at radius 3 is 2.74 bits per heavy atom. The molecule has 3 aromatic rings. The number of rotatable bonds is 3. The normalized spacial score (nSPS) is 13.0. The molecule has 0 radical (unpaired) electrons. The van der Waals surface area contributed by atoms with Crippen molar-refractivity contribution >= 4 is 33.9 Å². The first-order chi connectivity index (χ1) is 9.20. The van der Waals surface area contributed by atoms with Gasteiger partial charge in [-0.2, -0.15) is 0 Å². The van der Waals surface area contributed by atoms with Crippen LogP contribution in [0.15, 0.2) is 40.1 Å². The minimum Gasteiger partial charge on any atom is -0.459 e. The Bertz CT molecular complexity index is 683. The molecule has 0 aliphatic heterocycles. The van der Waals surface area contributed by atoms with E-state index < -0.39 is 0 Å². The van der Waals surface area contributed by atoms with Gasteiger partial charge in [-0.15, -0.1) is 11.3 Å². The molecule has 3 rings (SSSR count). The van der Waals surface area contributed by atoms with E-state index in [0.29, 0.717) is 0 Å². The van der Waals surface area contributed by atoms with E-state index in [1.807, 2.05) is 32.2 Å². The molecule has 2 aromatic heterocycles. The zero-order valence-electron chi connectivity index (χ0n) is 10.7. The molecule has 0 aliphatic rings. The number of furan rings is 1. The van der Waals surface area contributed by atoms with Gasteiger partial charge in [0.25, 0.3) is 0 Å². The first-order valence-corrected chi connectivity index (χ1v) is 7.35. The van der Waals surface area contributed by atoms with Crippen LogP contribution in [0.25, 0.3) is 11.0 Å². The molecular formula is C15H14ClNOS. The summed E-state index contributed by atoms with van der Waals surface area (Å²) in [5, 5.41) is 7.29. The Balaban J connectivity index is 2.09. The van der Waals surface area contributed by atoms with Crippen molar-refractivity contribution in [2.24, 2.45) is 0 Å². The molecule has 98 valence electrons. The van der Waals surface area contributed by atoms with Crippen LogP contribution in [0.5, 0.6) is 0 Å². The molecule has 2 nitrogen and oxygen atoms in total. The number of benzene rings is 1. The Hall–Kier alpha value is -1.29. The lowest BCUT2D eigenvalue weighted by molar-refractivity contribution is 0.495. The van der Waals surface area contributed by atoms with E-state index in [1.54, 1.807) is 11.3 Å². The number of thiophene rings is 1. The van der Waals surface area contributed by atoms with E-state index in [-0.39, 0.29) is 6.04 Å². The lowest BCUT2D eigenvalue weighted by Gasteiger charge is -2.12. The van der Waals surface area contributed by atoms with Crippen LogP contribution < -0.4 is 5.32 Å². The second kappa shape index (κ2) is 5.00. The topological polar surface area (TPSA) is 25.2 Å². The van der Waals surface area contributed by atoms with Crippen LogP contribution >= 0.6 is 22.9 Å². The van der Waals surface area contributed by atoms with Gasteiger partial charge in [-0.3, -0.25) is 0 Å². The van der Waals surface area contributed by atoms with E-state index in [0.717, 1.165) is 32.2 Å². The first-order valence-electron chi connectivity index (χ1n) is 6.10. The number of fused-ring (bicyclic) bond motifs is 1. The van der Waals surface area contributed by atoms with Crippen molar-refractivity contribution in [1.82, 2.24) is 5.32 Å². The number of hydrogen-bond acceptors (Lipinski definition) is 3. The molecule has 0 saturated carbocycles. The van der Waals surface area contributed by atoms with Gasteiger partial charge in [0.2, 0.25) is 0 Å². The van der Waals surface area contributed by atoms with Crippen molar-refractivity contribution in [2.45, 2.75) is 13.0 Å².